The molecule has 32 heavy (non-hydrogen) atoms. The number of alkyl halides is 3. The third kappa shape index (κ3) is 4.43. The van der Waals surface area contributed by atoms with Crippen molar-refractivity contribution in [2.45, 2.75) is 11.1 Å². The number of halogens is 3. The van der Waals surface area contributed by atoms with Crippen LogP contribution in [0, 0.1) is 0 Å². The second kappa shape index (κ2) is 8.24. The average Bonchev–Trinajstić information content (AvgIpc) is 3.12. The number of fused-ring (bicyclic) bond motifs is 1. The van der Waals surface area contributed by atoms with E-state index in [0.29, 0.717) is 5.65 Å². The van der Waals surface area contributed by atoms with Crippen LogP contribution in [0.4, 0.5) is 13.2 Å². The van der Waals surface area contributed by atoms with E-state index in [-0.39, 0.29) is 4.90 Å². The van der Waals surface area contributed by atoms with E-state index in [1.807, 2.05) is 30.4 Å². The third-order valence-electron chi connectivity index (χ3n) is 4.73. The Morgan fingerprint density at radius 3 is 2.50 bits per heavy atom. The molecule has 11 heteroatoms. The number of rotatable bonds is 7. The van der Waals surface area contributed by atoms with E-state index >= 15 is 0 Å². The minimum absolute atomic E-state index is 0.0757. The van der Waals surface area contributed by atoms with Crippen molar-refractivity contribution in [2.75, 3.05) is 13.2 Å². The zero-order chi connectivity index (χ0) is 22.9. The number of sulfonamides is 1. The summed E-state index contributed by atoms with van der Waals surface area (Å²) in [6.45, 7) is -1.24. The summed E-state index contributed by atoms with van der Waals surface area (Å²) in [6, 6.07) is 9.82. The lowest BCUT2D eigenvalue weighted by atomic mass is 10.0. The van der Waals surface area contributed by atoms with Crippen LogP contribution in [0.5, 0.6) is 0 Å². The number of carbonyl (C=O) groups is 1. The Morgan fingerprint density at radius 2 is 1.88 bits per heavy atom. The fourth-order valence-corrected chi connectivity index (χ4v) is 4.12. The van der Waals surface area contributed by atoms with Gasteiger partial charge in [0, 0.05) is 23.8 Å². The molecule has 0 spiro atoms. The lowest BCUT2D eigenvalue weighted by Gasteiger charge is -2.10. The predicted octanol–water partition coefficient (Wildman–Crippen LogP) is 3.57. The molecule has 0 atom stereocenters. The van der Waals surface area contributed by atoms with Crippen molar-refractivity contribution in [3.63, 3.8) is 0 Å². The van der Waals surface area contributed by atoms with E-state index < -0.39 is 35.3 Å². The highest BCUT2D eigenvalue weighted by Gasteiger charge is 2.40. The Balaban J connectivity index is 1.47. The molecule has 4 rings (SSSR count). The van der Waals surface area contributed by atoms with Crippen LogP contribution in [0.2, 0.25) is 0 Å². The van der Waals surface area contributed by atoms with Gasteiger partial charge < -0.3 is 9.72 Å². The lowest BCUT2D eigenvalue weighted by molar-refractivity contribution is -0.199. The number of nitrogens with one attached hydrogen (secondary N) is 2. The number of carbonyl (C=O) groups excluding carboxylic acids is 1. The van der Waals surface area contributed by atoms with Crippen molar-refractivity contribution in [1.29, 1.82) is 0 Å². The van der Waals surface area contributed by atoms with Crippen LogP contribution < -0.4 is 4.72 Å². The first-order valence-corrected chi connectivity index (χ1v) is 10.8. The second-order valence-electron chi connectivity index (χ2n) is 6.84. The lowest BCUT2D eigenvalue weighted by Crippen LogP contribution is -2.31. The Kier molecular flexibility index (Phi) is 5.61. The van der Waals surface area contributed by atoms with Gasteiger partial charge in [-0.2, -0.15) is 13.2 Å². The number of H-pyrrole nitrogens is 1. The van der Waals surface area contributed by atoms with Crippen molar-refractivity contribution in [3.8, 4) is 11.1 Å². The van der Waals surface area contributed by atoms with Crippen LogP contribution in [0.1, 0.15) is 5.69 Å². The van der Waals surface area contributed by atoms with Crippen molar-refractivity contribution in [3.05, 3.63) is 66.5 Å². The monoisotopic (exact) mass is 463 g/mol. The molecule has 1 aliphatic rings. The van der Waals surface area contributed by atoms with Gasteiger partial charge >= 0.3 is 12.1 Å². The molecular formula is C21H16F3N3O4S. The number of ether oxygens (including phenoxy) is 1. The van der Waals surface area contributed by atoms with E-state index in [2.05, 4.69) is 19.4 Å². The summed E-state index contributed by atoms with van der Waals surface area (Å²) in [6.07, 6.45) is 2.40. The zero-order valence-corrected chi connectivity index (χ0v) is 17.1. The molecule has 0 radical (unpaired) electrons. The van der Waals surface area contributed by atoms with E-state index in [0.717, 1.165) is 27.8 Å². The number of aromatic nitrogens is 2. The molecule has 1 aliphatic carbocycles. The van der Waals surface area contributed by atoms with Crippen LogP contribution in [0.3, 0.4) is 0 Å². The van der Waals surface area contributed by atoms with Crippen molar-refractivity contribution in [2.24, 2.45) is 0 Å². The molecule has 0 fully saturated rings. The number of nitrogens with zero attached hydrogens (tertiary/aromatic N) is 1. The number of esters is 1. The van der Waals surface area contributed by atoms with E-state index in [1.54, 1.807) is 18.3 Å². The van der Waals surface area contributed by atoms with Crippen molar-refractivity contribution < 1.29 is 31.1 Å². The number of pyridine rings is 1. The fraction of sp³-hybridized carbons (Fsp3) is 0.143. The number of benzene rings is 1. The molecule has 3 aromatic rings. The summed E-state index contributed by atoms with van der Waals surface area (Å²) in [7, 11) is -3.99. The smallest absolute Gasteiger partial charge is 0.458 e. The van der Waals surface area contributed by atoms with Gasteiger partial charge in [0.25, 0.3) is 0 Å². The zero-order valence-electron chi connectivity index (χ0n) is 16.3. The van der Waals surface area contributed by atoms with Gasteiger partial charge in [0.05, 0.1) is 4.90 Å². The quantitative estimate of drug-likeness (QED) is 0.412. The molecular weight excluding hydrogens is 447 g/mol. The number of hydrogen-bond donors (Lipinski definition) is 2. The SMILES string of the molecule is O=C(OCCNS(=O)(=O)c1ccc(-c2ccnc3[nH]c(C4=CC=C4)cc23)cc1)C(F)(F)F. The highest BCUT2D eigenvalue weighted by atomic mass is 32.2. The highest BCUT2D eigenvalue weighted by molar-refractivity contribution is 7.89. The molecule has 0 bridgehead atoms. The predicted molar refractivity (Wildman–Crippen MR) is 111 cm³/mol. The van der Waals surface area contributed by atoms with Gasteiger partial charge in [-0.3, -0.25) is 0 Å². The molecule has 0 aliphatic heterocycles. The Hall–Kier alpha value is -3.44. The van der Waals surface area contributed by atoms with Gasteiger partial charge in [0.15, 0.2) is 0 Å². The van der Waals surface area contributed by atoms with Gasteiger partial charge in [0.2, 0.25) is 10.0 Å². The maximum atomic E-state index is 12.4. The van der Waals surface area contributed by atoms with E-state index in [4.69, 9.17) is 0 Å². The first-order chi connectivity index (χ1) is 15.1. The van der Waals surface area contributed by atoms with Gasteiger partial charge in [0.1, 0.15) is 12.3 Å². The second-order valence-corrected chi connectivity index (χ2v) is 8.61. The van der Waals surface area contributed by atoms with Crippen LogP contribution in [-0.2, 0) is 19.6 Å². The van der Waals surface area contributed by atoms with Crippen LogP contribution in [-0.4, -0.2) is 43.7 Å². The molecule has 7 nitrogen and oxygen atoms in total. The Labute approximate surface area is 180 Å². The standard InChI is InChI=1S/C21H16F3N3O4S/c22-21(23,24)20(28)31-11-10-26-32(29,30)15-6-4-13(5-7-15)16-8-9-25-19-17(16)12-18(27-19)14-2-1-3-14/h1-9,12,26H,10-11H2,(H,25,27). The Bertz CT molecular complexity index is 1340. The van der Waals surface area contributed by atoms with Gasteiger partial charge in [-0.15, -0.1) is 0 Å². The first-order valence-electron chi connectivity index (χ1n) is 9.36. The van der Waals surface area contributed by atoms with Gasteiger partial charge in [-0.25, -0.2) is 22.9 Å². The number of hydrogen-bond acceptors (Lipinski definition) is 5. The van der Waals surface area contributed by atoms with Crippen molar-refractivity contribution >= 4 is 32.6 Å². The van der Waals surface area contributed by atoms with E-state index in [9.17, 15) is 26.4 Å². The highest BCUT2D eigenvalue weighted by Crippen LogP contribution is 2.32. The number of allylic oxidation sites excluding steroid dienone is 4. The summed E-state index contributed by atoms with van der Waals surface area (Å²) in [5, 5.41) is 0.879. The molecule has 166 valence electrons. The maximum absolute atomic E-state index is 12.4. The molecule has 0 unspecified atom stereocenters. The largest absolute Gasteiger partial charge is 0.490 e. The van der Waals surface area contributed by atoms with E-state index in [1.165, 1.54) is 12.1 Å². The average molecular weight is 463 g/mol. The first kappa shape index (κ1) is 21.8. The molecule has 2 aromatic heterocycles. The summed E-state index contributed by atoms with van der Waals surface area (Å²) < 4.78 is 67.0. The minimum Gasteiger partial charge on any atom is -0.458 e. The summed E-state index contributed by atoms with van der Waals surface area (Å²) >= 11 is 0. The molecule has 0 saturated carbocycles. The molecule has 1 aromatic carbocycles. The van der Waals surface area contributed by atoms with Gasteiger partial charge in [-0.1, -0.05) is 30.4 Å². The normalized spacial score (nSPS) is 13.7. The molecule has 2 N–H and O–H groups in total. The molecule has 0 amide bonds. The summed E-state index contributed by atoms with van der Waals surface area (Å²) in [5.41, 5.74) is 4.31. The molecule has 0 saturated heterocycles. The molecule has 2 heterocycles. The summed E-state index contributed by atoms with van der Waals surface area (Å²) in [5.74, 6) is -2.37. The minimum atomic E-state index is -5.13. The number of aromatic amines is 1. The third-order valence-corrected chi connectivity index (χ3v) is 6.21. The van der Waals surface area contributed by atoms with Crippen LogP contribution >= 0.6 is 0 Å². The van der Waals surface area contributed by atoms with Crippen LogP contribution in [0.15, 0.2) is 65.7 Å². The van der Waals surface area contributed by atoms with Crippen molar-refractivity contribution in [1.82, 2.24) is 14.7 Å². The topological polar surface area (TPSA) is 101 Å². The van der Waals surface area contributed by atoms with Crippen LogP contribution in [0.25, 0.3) is 27.7 Å². The maximum Gasteiger partial charge on any atom is 0.490 e. The Morgan fingerprint density at radius 1 is 1.16 bits per heavy atom. The van der Waals surface area contributed by atoms with Gasteiger partial charge in [-0.05, 0) is 41.0 Å². The summed E-state index contributed by atoms with van der Waals surface area (Å²) in [4.78, 5) is 18.2. The fourth-order valence-electron chi connectivity index (χ4n) is 3.10.